The molecule has 130 valence electrons. The molecule has 1 fully saturated rings. The molecule has 0 saturated carbocycles. The summed E-state index contributed by atoms with van der Waals surface area (Å²) in [5, 5.41) is 2.92. The molecular weight excluding hydrogens is 334 g/mol. The van der Waals surface area contributed by atoms with Gasteiger partial charge in [0, 0.05) is 25.9 Å². The summed E-state index contributed by atoms with van der Waals surface area (Å²) in [5.41, 5.74) is 2.90. The minimum atomic E-state index is -0.170. The summed E-state index contributed by atoms with van der Waals surface area (Å²) < 4.78 is 0. The number of anilines is 2. The average Bonchev–Trinajstić information content (AvgIpc) is 3.01. The molecule has 0 spiro atoms. The van der Waals surface area contributed by atoms with Crippen molar-refractivity contribution in [2.45, 2.75) is 6.54 Å². The summed E-state index contributed by atoms with van der Waals surface area (Å²) >= 11 is 1.26. The van der Waals surface area contributed by atoms with Crippen LogP contribution in [0.15, 0.2) is 54.6 Å². The van der Waals surface area contributed by atoms with Gasteiger partial charge in [-0.05, 0) is 17.7 Å². The monoisotopic (exact) mass is 355 g/mol. The summed E-state index contributed by atoms with van der Waals surface area (Å²) in [7, 11) is 2.00. The Balaban J connectivity index is 1.67. The normalized spacial score (nSPS) is 13.8. The van der Waals surface area contributed by atoms with E-state index >= 15 is 0 Å². The minimum absolute atomic E-state index is 0.0235. The van der Waals surface area contributed by atoms with Gasteiger partial charge in [-0.3, -0.25) is 9.59 Å². The fourth-order valence-electron chi connectivity index (χ4n) is 2.79. The van der Waals surface area contributed by atoms with Crippen LogP contribution in [-0.4, -0.2) is 41.9 Å². The smallest absolute Gasteiger partial charge is 0.282 e. The summed E-state index contributed by atoms with van der Waals surface area (Å²) in [6, 6.07) is 17.9. The first-order chi connectivity index (χ1) is 12.1. The van der Waals surface area contributed by atoms with E-state index in [4.69, 9.17) is 0 Å². The molecule has 0 unspecified atom stereocenters. The standard InChI is InChI=1S/C19H21N3O2S/c1-21(13-15-7-3-2-4-8-15)17-10-6-5-9-16(17)20-18(23)14-22-11-12-25-19(22)24/h2-10H,11-14H2,1H3,(H,20,23). The zero-order valence-corrected chi connectivity index (χ0v) is 15.0. The number of carbonyl (C=O) groups excluding carboxylic acids is 2. The van der Waals surface area contributed by atoms with Crippen LogP contribution in [0.1, 0.15) is 5.56 Å². The molecule has 5 nitrogen and oxygen atoms in total. The van der Waals surface area contributed by atoms with Gasteiger partial charge in [0.05, 0.1) is 11.4 Å². The van der Waals surface area contributed by atoms with Crippen LogP contribution in [0.3, 0.4) is 0 Å². The Morgan fingerprint density at radius 1 is 1.16 bits per heavy atom. The molecule has 2 aromatic carbocycles. The van der Waals surface area contributed by atoms with Crippen LogP contribution in [0.2, 0.25) is 0 Å². The molecule has 0 atom stereocenters. The molecule has 0 aliphatic carbocycles. The number of nitrogens with one attached hydrogen (secondary N) is 1. The number of amides is 2. The van der Waals surface area contributed by atoms with E-state index in [0.717, 1.165) is 23.7 Å². The van der Waals surface area contributed by atoms with Crippen molar-refractivity contribution in [3.8, 4) is 0 Å². The van der Waals surface area contributed by atoms with E-state index in [9.17, 15) is 9.59 Å². The van der Waals surface area contributed by atoms with Crippen LogP contribution in [0.4, 0.5) is 16.2 Å². The third kappa shape index (κ3) is 4.54. The minimum Gasteiger partial charge on any atom is -0.369 e. The molecule has 1 aliphatic heterocycles. The van der Waals surface area contributed by atoms with Gasteiger partial charge in [0.1, 0.15) is 6.54 Å². The number of benzene rings is 2. The van der Waals surface area contributed by atoms with Crippen molar-refractivity contribution in [1.82, 2.24) is 4.90 Å². The van der Waals surface area contributed by atoms with Crippen molar-refractivity contribution in [3.05, 3.63) is 60.2 Å². The Morgan fingerprint density at radius 3 is 2.60 bits per heavy atom. The number of nitrogens with zero attached hydrogens (tertiary/aromatic N) is 2. The zero-order chi connectivity index (χ0) is 17.6. The van der Waals surface area contributed by atoms with E-state index in [1.807, 2.05) is 49.5 Å². The van der Waals surface area contributed by atoms with Crippen LogP contribution in [-0.2, 0) is 11.3 Å². The maximum Gasteiger partial charge on any atom is 0.282 e. The molecule has 2 aromatic rings. The Kier molecular flexibility index (Phi) is 5.60. The van der Waals surface area contributed by atoms with Crippen LogP contribution in [0.5, 0.6) is 0 Å². The fraction of sp³-hybridized carbons (Fsp3) is 0.263. The second-order valence-electron chi connectivity index (χ2n) is 5.94. The Morgan fingerprint density at radius 2 is 1.88 bits per heavy atom. The van der Waals surface area contributed by atoms with Crippen LogP contribution in [0, 0.1) is 0 Å². The molecule has 6 heteroatoms. The van der Waals surface area contributed by atoms with E-state index in [2.05, 4.69) is 22.3 Å². The van der Waals surface area contributed by atoms with E-state index in [1.54, 1.807) is 4.90 Å². The third-order valence-electron chi connectivity index (χ3n) is 4.03. The first-order valence-electron chi connectivity index (χ1n) is 8.19. The van der Waals surface area contributed by atoms with Gasteiger partial charge in [-0.25, -0.2) is 0 Å². The summed E-state index contributed by atoms with van der Waals surface area (Å²) in [6.07, 6.45) is 0. The zero-order valence-electron chi connectivity index (χ0n) is 14.1. The lowest BCUT2D eigenvalue weighted by Crippen LogP contribution is -2.33. The van der Waals surface area contributed by atoms with Crippen molar-refractivity contribution in [2.24, 2.45) is 0 Å². The van der Waals surface area contributed by atoms with Crippen LogP contribution < -0.4 is 10.2 Å². The highest BCUT2D eigenvalue weighted by Gasteiger charge is 2.23. The van der Waals surface area contributed by atoms with Crippen molar-refractivity contribution in [1.29, 1.82) is 0 Å². The molecule has 25 heavy (non-hydrogen) atoms. The maximum atomic E-state index is 12.3. The predicted molar refractivity (Wildman–Crippen MR) is 103 cm³/mol. The highest BCUT2D eigenvalue weighted by atomic mass is 32.2. The maximum absolute atomic E-state index is 12.3. The topological polar surface area (TPSA) is 52.7 Å². The van der Waals surface area contributed by atoms with Crippen LogP contribution in [0.25, 0.3) is 0 Å². The molecule has 1 saturated heterocycles. The number of para-hydroxylation sites is 2. The molecule has 1 N–H and O–H groups in total. The van der Waals surface area contributed by atoms with Gasteiger partial charge in [-0.2, -0.15) is 0 Å². The fourth-order valence-corrected chi connectivity index (χ4v) is 3.61. The summed E-state index contributed by atoms with van der Waals surface area (Å²) in [6.45, 7) is 1.48. The second-order valence-corrected chi connectivity index (χ2v) is 6.99. The van der Waals surface area contributed by atoms with Gasteiger partial charge in [-0.1, -0.05) is 54.2 Å². The lowest BCUT2D eigenvalue weighted by atomic mass is 10.2. The number of thioether (sulfide) groups is 1. The van der Waals surface area contributed by atoms with E-state index in [1.165, 1.54) is 17.3 Å². The van der Waals surface area contributed by atoms with E-state index in [0.29, 0.717) is 6.54 Å². The average molecular weight is 355 g/mol. The third-order valence-corrected chi connectivity index (χ3v) is 4.92. The molecule has 3 rings (SSSR count). The molecule has 0 bridgehead atoms. The second kappa shape index (κ2) is 8.07. The molecule has 1 heterocycles. The van der Waals surface area contributed by atoms with E-state index < -0.39 is 0 Å². The van der Waals surface area contributed by atoms with Crippen molar-refractivity contribution < 1.29 is 9.59 Å². The number of hydrogen-bond acceptors (Lipinski definition) is 4. The van der Waals surface area contributed by atoms with Gasteiger partial charge >= 0.3 is 0 Å². The summed E-state index contributed by atoms with van der Waals surface area (Å²) in [5.74, 6) is 0.583. The first kappa shape index (κ1) is 17.4. The highest BCUT2D eigenvalue weighted by Crippen LogP contribution is 2.26. The molecule has 2 amide bonds. The van der Waals surface area contributed by atoms with Gasteiger partial charge in [0.25, 0.3) is 5.24 Å². The van der Waals surface area contributed by atoms with Gasteiger partial charge in [0.2, 0.25) is 5.91 Å². The van der Waals surface area contributed by atoms with Gasteiger partial charge < -0.3 is 15.1 Å². The highest BCUT2D eigenvalue weighted by molar-refractivity contribution is 8.13. The van der Waals surface area contributed by atoms with Gasteiger partial charge in [0.15, 0.2) is 0 Å². The SMILES string of the molecule is CN(Cc1ccccc1)c1ccccc1NC(=O)CN1CCSC1=O. The molecular formula is C19H21N3O2S. The molecule has 0 radical (unpaired) electrons. The van der Waals surface area contributed by atoms with Crippen molar-refractivity contribution in [2.75, 3.05) is 36.1 Å². The number of carbonyl (C=O) groups is 2. The number of rotatable bonds is 6. The van der Waals surface area contributed by atoms with Gasteiger partial charge in [-0.15, -0.1) is 0 Å². The lowest BCUT2D eigenvalue weighted by molar-refractivity contribution is -0.116. The van der Waals surface area contributed by atoms with E-state index in [-0.39, 0.29) is 17.7 Å². The largest absolute Gasteiger partial charge is 0.369 e. The molecule has 0 aromatic heterocycles. The summed E-state index contributed by atoms with van der Waals surface area (Å²) in [4.78, 5) is 27.6. The Bertz CT molecular complexity index is 751. The lowest BCUT2D eigenvalue weighted by Gasteiger charge is -2.23. The quantitative estimate of drug-likeness (QED) is 0.862. The van der Waals surface area contributed by atoms with Crippen LogP contribution >= 0.6 is 11.8 Å². The van der Waals surface area contributed by atoms with Crippen molar-refractivity contribution >= 4 is 34.3 Å². The Hall–Kier alpha value is -2.47. The predicted octanol–water partition coefficient (Wildman–Crippen LogP) is 3.43. The van der Waals surface area contributed by atoms with Crippen molar-refractivity contribution in [3.63, 3.8) is 0 Å². The Labute approximate surface area is 152 Å². The first-order valence-corrected chi connectivity index (χ1v) is 9.17. The number of hydrogen-bond donors (Lipinski definition) is 1. The molecule has 1 aliphatic rings.